The number of aromatic amines is 1. The van der Waals surface area contributed by atoms with Gasteiger partial charge in [-0.15, -0.1) is 0 Å². The van der Waals surface area contributed by atoms with Crippen LogP contribution in [0.4, 0.5) is 0 Å². The quantitative estimate of drug-likeness (QED) is 0.881. The topological polar surface area (TPSA) is 70.2 Å². The molecule has 1 aliphatic rings. The average Bonchev–Trinajstić information content (AvgIpc) is 3.01. The normalized spacial score (nSPS) is 17.8. The molecule has 6 nitrogen and oxygen atoms in total. The van der Waals surface area contributed by atoms with Gasteiger partial charge < -0.3 is 10.1 Å². The number of nitrogens with one attached hydrogen (secondary N) is 2. The van der Waals surface area contributed by atoms with E-state index in [2.05, 4.69) is 27.3 Å². The number of morpholine rings is 1. The highest BCUT2D eigenvalue weighted by Gasteiger charge is 2.18. The van der Waals surface area contributed by atoms with E-state index in [0.29, 0.717) is 18.2 Å². The lowest BCUT2D eigenvalue weighted by Crippen LogP contribution is -2.47. The zero-order valence-electron chi connectivity index (χ0n) is 12.1. The number of H-pyrrole nitrogens is 1. The number of ether oxygens (including phenoxy) is 1. The van der Waals surface area contributed by atoms with Crippen molar-refractivity contribution in [1.29, 1.82) is 0 Å². The molecule has 1 atom stereocenters. The Kier molecular flexibility index (Phi) is 4.17. The standard InChI is InChI=1S/C15H20N4O2/c1-11(19-5-7-21-8-6-19)9-16-15(20)13-4-2-3-12-10-17-18-14(12)13/h2-4,10-11H,5-9H2,1H3,(H,16,20)(H,17,18). The summed E-state index contributed by atoms with van der Waals surface area (Å²) in [4.78, 5) is 14.7. The zero-order chi connectivity index (χ0) is 14.7. The predicted octanol–water partition coefficient (Wildman–Crippen LogP) is 1.01. The summed E-state index contributed by atoms with van der Waals surface area (Å²) in [6.45, 7) is 6.14. The van der Waals surface area contributed by atoms with Gasteiger partial charge in [0.25, 0.3) is 5.91 Å². The summed E-state index contributed by atoms with van der Waals surface area (Å²) >= 11 is 0. The molecule has 2 aromatic rings. The van der Waals surface area contributed by atoms with Crippen LogP contribution < -0.4 is 5.32 Å². The van der Waals surface area contributed by atoms with E-state index in [1.54, 1.807) is 6.20 Å². The molecule has 1 aromatic heterocycles. The second-order valence-electron chi connectivity index (χ2n) is 5.35. The van der Waals surface area contributed by atoms with Gasteiger partial charge in [0.05, 0.1) is 30.5 Å². The van der Waals surface area contributed by atoms with Crippen LogP contribution in [0, 0.1) is 0 Å². The number of hydrogen-bond acceptors (Lipinski definition) is 4. The summed E-state index contributed by atoms with van der Waals surface area (Å²) in [5.41, 5.74) is 1.42. The monoisotopic (exact) mass is 288 g/mol. The fraction of sp³-hybridized carbons (Fsp3) is 0.467. The number of benzene rings is 1. The summed E-state index contributed by atoms with van der Waals surface area (Å²) in [6.07, 6.45) is 1.72. The van der Waals surface area contributed by atoms with Gasteiger partial charge in [0.2, 0.25) is 0 Å². The van der Waals surface area contributed by atoms with E-state index in [9.17, 15) is 4.79 Å². The average molecular weight is 288 g/mol. The lowest BCUT2D eigenvalue weighted by molar-refractivity contribution is 0.0204. The molecule has 1 saturated heterocycles. The van der Waals surface area contributed by atoms with Crippen LogP contribution in [-0.4, -0.2) is 59.9 Å². The molecular weight excluding hydrogens is 268 g/mol. The molecule has 0 saturated carbocycles. The van der Waals surface area contributed by atoms with E-state index < -0.39 is 0 Å². The Morgan fingerprint density at radius 1 is 1.48 bits per heavy atom. The molecule has 21 heavy (non-hydrogen) atoms. The third-order valence-electron chi connectivity index (χ3n) is 3.95. The zero-order valence-corrected chi connectivity index (χ0v) is 12.1. The van der Waals surface area contributed by atoms with Crippen molar-refractivity contribution < 1.29 is 9.53 Å². The third-order valence-corrected chi connectivity index (χ3v) is 3.95. The van der Waals surface area contributed by atoms with E-state index in [1.165, 1.54) is 0 Å². The van der Waals surface area contributed by atoms with Crippen molar-refractivity contribution in [3.63, 3.8) is 0 Å². The van der Waals surface area contributed by atoms with Gasteiger partial charge in [-0.3, -0.25) is 14.8 Å². The van der Waals surface area contributed by atoms with Crippen molar-refractivity contribution in [2.75, 3.05) is 32.8 Å². The first-order valence-corrected chi connectivity index (χ1v) is 7.28. The number of carbonyl (C=O) groups is 1. The fourth-order valence-corrected chi connectivity index (χ4v) is 2.64. The Morgan fingerprint density at radius 2 is 2.29 bits per heavy atom. The summed E-state index contributed by atoms with van der Waals surface area (Å²) in [6, 6.07) is 5.93. The van der Waals surface area contributed by atoms with E-state index in [4.69, 9.17) is 4.74 Å². The van der Waals surface area contributed by atoms with Crippen LogP contribution in [0.1, 0.15) is 17.3 Å². The van der Waals surface area contributed by atoms with Crippen LogP contribution >= 0.6 is 0 Å². The number of hydrogen-bond donors (Lipinski definition) is 2. The summed E-state index contributed by atoms with van der Waals surface area (Å²) < 4.78 is 5.34. The van der Waals surface area contributed by atoms with Crippen molar-refractivity contribution >= 4 is 16.8 Å². The number of amides is 1. The highest BCUT2D eigenvalue weighted by molar-refractivity contribution is 6.05. The predicted molar refractivity (Wildman–Crippen MR) is 80.3 cm³/mol. The van der Waals surface area contributed by atoms with Crippen molar-refractivity contribution in [2.45, 2.75) is 13.0 Å². The van der Waals surface area contributed by atoms with Crippen molar-refractivity contribution in [2.24, 2.45) is 0 Å². The fourth-order valence-electron chi connectivity index (χ4n) is 2.64. The van der Waals surface area contributed by atoms with Gasteiger partial charge >= 0.3 is 0 Å². The van der Waals surface area contributed by atoms with E-state index in [1.807, 2.05) is 18.2 Å². The second-order valence-corrected chi connectivity index (χ2v) is 5.35. The number of para-hydroxylation sites is 1. The molecule has 6 heteroatoms. The third kappa shape index (κ3) is 3.06. The molecular formula is C15H20N4O2. The van der Waals surface area contributed by atoms with Gasteiger partial charge in [-0.25, -0.2) is 0 Å². The van der Waals surface area contributed by atoms with Gasteiger partial charge in [-0.2, -0.15) is 5.10 Å². The summed E-state index contributed by atoms with van der Waals surface area (Å²) in [5, 5.41) is 10.8. The first-order chi connectivity index (χ1) is 10.3. The molecule has 3 rings (SSSR count). The van der Waals surface area contributed by atoms with Gasteiger partial charge in [0.1, 0.15) is 0 Å². The molecule has 0 spiro atoms. The maximum atomic E-state index is 12.3. The molecule has 1 amide bonds. The van der Waals surface area contributed by atoms with Crippen LogP contribution in [0.25, 0.3) is 10.9 Å². The summed E-state index contributed by atoms with van der Waals surface area (Å²) in [7, 11) is 0. The highest BCUT2D eigenvalue weighted by atomic mass is 16.5. The second kappa shape index (κ2) is 6.24. The van der Waals surface area contributed by atoms with Gasteiger partial charge in [0.15, 0.2) is 0 Å². The number of aromatic nitrogens is 2. The minimum atomic E-state index is -0.0649. The molecule has 1 aromatic carbocycles. The Bertz CT molecular complexity index is 619. The molecule has 1 unspecified atom stereocenters. The maximum absolute atomic E-state index is 12.3. The molecule has 112 valence electrons. The van der Waals surface area contributed by atoms with E-state index in [-0.39, 0.29) is 5.91 Å². The van der Waals surface area contributed by atoms with Crippen LogP contribution in [0.15, 0.2) is 24.4 Å². The Labute approximate surface area is 123 Å². The van der Waals surface area contributed by atoms with E-state index in [0.717, 1.165) is 37.2 Å². The Hall–Kier alpha value is -1.92. The van der Waals surface area contributed by atoms with Gasteiger partial charge in [-0.1, -0.05) is 12.1 Å². The minimum Gasteiger partial charge on any atom is -0.379 e. The highest BCUT2D eigenvalue weighted by Crippen LogP contribution is 2.15. The SMILES string of the molecule is CC(CNC(=O)c1cccc2cn[nH]c12)N1CCOCC1. The number of carbonyl (C=O) groups excluding carboxylic acids is 1. The molecule has 0 radical (unpaired) electrons. The van der Waals surface area contributed by atoms with Gasteiger partial charge in [0, 0.05) is 31.1 Å². The number of fused-ring (bicyclic) bond motifs is 1. The molecule has 2 heterocycles. The van der Waals surface area contributed by atoms with Crippen molar-refractivity contribution in [3.05, 3.63) is 30.0 Å². The van der Waals surface area contributed by atoms with Crippen LogP contribution in [0.5, 0.6) is 0 Å². The van der Waals surface area contributed by atoms with Crippen LogP contribution in [0.3, 0.4) is 0 Å². The smallest absolute Gasteiger partial charge is 0.253 e. The first-order valence-electron chi connectivity index (χ1n) is 7.28. The Balaban J connectivity index is 1.62. The van der Waals surface area contributed by atoms with E-state index >= 15 is 0 Å². The lowest BCUT2D eigenvalue weighted by atomic mass is 10.1. The number of rotatable bonds is 4. The molecule has 2 N–H and O–H groups in total. The van der Waals surface area contributed by atoms with Crippen molar-refractivity contribution in [3.8, 4) is 0 Å². The van der Waals surface area contributed by atoms with Crippen LogP contribution in [-0.2, 0) is 4.74 Å². The summed E-state index contributed by atoms with van der Waals surface area (Å²) in [5.74, 6) is -0.0649. The molecule has 1 aliphatic heterocycles. The molecule has 0 aliphatic carbocycles. The van der Waals surface area contributed by atoms with Crippen molar-refractivity contribution in [1.82, 2.24) is 20.4 Å². The minimum absolute atomic E-state index is 0.0649. The lowest BCUT2D eigenvalue weighted by Gasteiger charge is -2.32. The largest absolute Gasteiger partial charge is 0.379 e. The Morgan fingerprint density at radius 3 is 3.10 bits per heavy atom. The van der Waals surface area contributed by atoms with Gasteiger partial charge in [-0.05, 0) is 13.0 Å². The maximum Gasteiger partial charge on any atom is 0.253 e. The molecule has 0 bridgehead atoms. The number of nitrogens with zero attached hydrogens (tertiary/aromatic N) is 2. The van der Waals surface area contributed by atoms with Crippen LogP contribution in [0.2, 0.25) is 0 Å². The first kappa shape index (κ1) is 14.0. The molecule has 1 fully saturated rings.